The summed E-state index contributed by atoms with van der Waals surface area (Å²) in [7, 11) is -2.09. The SMILES string of the molecule is CC[C@H](C)NC(=O)CS(=O)(=O)Cc1nc(-c2cccc(OC)c2)oc1C. The van der Waals surface area contributed by atoms with Crippen molar-refractivity contribution in [1.82, 2.24) is 10.3 Å². The van der Waals surface area contributed by atoms with Crippen LogP contribution in [0.1, 0.15) is 31.7 Å². The van der Waals surface area contributed by atoms with Crippen LogP contribution in [0.15, 0.2) is 28.7 Å². The molecule has 1 N–H and O–H groups in total. The molecule has 2 aromatic rings. The van der Waals surface area contributed by atoms with Crippen LogP contribution in [0.5, 0.6) is 5.75 Å². The number of benzene rings is 1. The second-order valence-electron chi connectivity index (χ2n) is 6.16. The zero-order valence-electron chi connectivity index (χ0n) is 15.4. The second kappa shape index (κ2) is 8.35. The van der Waals surface area contributed by atoms with Gasteiger partial charge in [-0.25, -0.2) is 13.4 Å². The van der Waals surface area contributed by atoms with Crippen molar-refractivity contribution in [2.45, 2.75) is 39.0 Å². The Balaban J connectivity index is 2.14. The summed E-state index contributed by atoms with van der Waals surface area (Å²) >= 11 is 0. The van der Waals surface area contributed by atoms with E-state index in [9.17, 15) is 13.2 Å². The predicted molar refractivity (Wildman–Crippen MR) is 98.6 cm³/mol. The van der Waals surface area contributed by atoms with Gasteiger partial charge in [0.25, 0.3) is 0 Å². The fraction of sp³-hybridized carbons (Fsp3) is 0.444. The van der Waals surface area contributed by atoms with Crippen LogP contribution >= 0.6 is 0 Å². The summed E-state index contributed by atoms with van der Waals surface area (Å²) in [6.07, 6.45) is 0.734. The molecule has 1 atom stereocenters. The molecule has 0 saturated carbocycles. The smallest absolute Gasteiger partial charge is 0.235 e. The Labute approximate surface area is 153 Å². The number of methoxy groups -OCH3 is 1. The number of oxazole rings is 1. The minimum absolute atomic E-state index is 0.0637. The molecule has 1 aromatic heterocycles. The zero-order chi connectivity index (χ0) is 19.3. The largest absolute Gasteiger partial charge is 0.497 e. The van der Waals surface area contributed by atoms with Crippen LogP contribution < -0.4 is 10.1 Å². The van der Waals surface area contributed by atoms with E-state index in [1.807, 2.05) is 13.8 Å². The van der Waals surface area contributed by atoms with Gasteiger partial charge in [0.15, 0.2) is 9.84 Å². The first kappa shape index (κ1) is 20.0. The highest BCUT2D eigenvalue weighted by atomic mass is 32.2. The molecule has 0 radical (unpaired) electrons. The van der Waals surface area contributed by atoms with Crippen molar-refractivity contribution in [3.63, 3.8) is 0 Å². The number of aromatic nitrogens is 1. The number of hydrogen-bond donors (Lipinski definition) is 1. The number of aryl methyl sites for hydroxylation is 1. The van der Waals surface area contributed by atoms with Gasteiger partial charge in [-0.1, -0.05) is 13.0 Å². The van der Waals surface area contributed by atoms with E-state index >= 15 is 0 Å². The molecule has 1 amide bonds. The van der Waals surface area contributed by atoms with Gasteiger partial charge in [0.05, 0.1) is 18.6 Å². The molecule has 26 heavy (non-hydrogen) atoms. The summed E-state index contributed by atoms with van der Waals surface area (Å²) < 4.78 is 35.4. The van der Waals surface area contributed by atoms with E-state index < -0.39 is 21.5 Å². The average molecular weight is 380 g/mol. The van der Waals surface area contributed by atoms with Gasteiger partial charge < -0.3 is 14.5 Å². The molecule has 0 aliphatic carbocycles. The van der Waals surface area contributed by atoms with E-state index in [2.05, 4.69) is 10.3 Å². The molecule has 0 spiro atoms. The summed E-state index contributed by atoms with van der Waals surface area (Å²) in [5.41, 5.74) is 0.991. The third-order valence-corrected chi connectivity index (χ3v) is 5.35. The maximum absolute atomic E-state index is 12.3. The highest BCUT2D eigenvalue weighted by Crippen LogP contribution is 2.26. The summed E-state index contributed by atoms with van der Waals surface area (Å²) in [6.45, 7) is 5.39. The highest BCUT2D eigenvalue weighted by Gasteiger charge is 2.22. The number of carbonyl (C=O) groups is 1. The molecule has 8 heteroatoms. The molecular weight excluding hydrogens is 356 g/mol. The second-order valence-corrected chi connectivity index (χ2v) is 8.23. The Morgan fingerprint density at radius 2 is 2.12 bits per heavy atom. The number of nitrogens with zero attached hydrogens (tertiary/aromatic N) is 1. The first-order valence-electron chi connectivity index (χ1n) is 8.34. The Morgan fingerprint density at radius 3 is 2.77 bits per heavy atom. The van der Waals surface area contributed by atoms with Gasteiger partial charge in [-0.2, -0.15) is 0 Å². The third-order valence-electron chi connectivity index (χ3n) is 3.94. The monoisotopic (exact) mass is 380 g/mol. The molecule has 0 saturated heterocycles. The first-order valence-corrected chi connectivity index (χ1v) is 10.2. The summed E-state index contributed by atoms with van der Waals surface area (Å²) in [4.78, 5) is 16.1. The van der Waals surface area contributed by atoms with E-state index in [1.165, 1.54) is 0 Å². The molecule has 7 nitrogen and oxygen atoms in total. The number of hydrogen-bond acceptors (Lipinski definition) is 6. The predicted octanol–water partition coefficient (Wildman–Crippen LogP) is 2.49. The van der Waals surface area contributed by atoms with Gasteiger partial charge in [0, 0.05) is 11.6 Å². The van der Waals surface area contributed by atoms with Crippen molar-refractivity contribution in [2.24, 2.45) is 0 Å². The van der Waals surface area contributed by atoms with Crippen LogP contribution in [-0.2, 0) is 20.4 Å². The molecular formula is C18H24N2O5S. The molecule has 2 rings (SSSR count). The van der Waals surface area contributed by atoms with Gasteiger partial charge in [0.2, 0.25) is 11.8 Å². The number of nitrogens with one attached hydrogen (secondary N) is 1. The van der Waals surface area contributed by atoms with Gasteiger partial charge in [-0.3, -0.25) is 4.79 Å². The first-order chi connectivity index (χ1) is 12.2. The van der Waals surface area contributed by atoms with Crippen molar-refractivity contribution >= 4 is 15.7 Å². The molecule has 1 heterocycles. The van der Waals surface area contributed by atoms with Crippen molar-refractivity contribution in [3.05, 3.63) is 35.7 Å². The summed E-state index contributed by atoms with van der Waals surface area (Å²) in [5.74, 6) is -0.0506. The molecule has 0 aliphatic heterocycles. The molecule has 0 fully saturated rings. The van der Waals surface area contributed by atoms with Crippen molar-refractivity contribution in [3.8, 4) is 17.2 Å². The van der Waals surface area contributed by atoms with Gasteiger partial charge in [0.1, 0.15) is 17.3 Å². The molecule has 1 aromatic carbocycles. The normalized spacial score (nSPS) is 12.6. The minimum atomic E-state index is -3.65. The average Bonchev–Trinajstić information content (AvgIpc) is 2.94. The Morgan fingerprint density at radius 1 is 1.38 bits per heavy atom. The molecule has 142 valence electrons. The quantitative estimate of drug-likeness (QED) is 0.755. The molecule has 0 bridgehead atoms. The van der Waals surface area contributed by atoms with Crippen molar-refractivity contribution in [1.29, 1.82) is 0 Å². The Hall–Kier alpha value is -2.35. The fourth-order valence-corrected chi connectivity index (χ4v) is 3.59. The molecule has 0 unspecified atom stereocenters. The van der Waals surface area contributed by atoms with Crippen LogP contribution in [-0.4, -0.2) is 38.2 Å². The Kier molecular flexibility index (Phi) is 6.42. The maximum atomic E-state index is 12.3. The van der Waals surface area contributed by atoms with Crippen LogP contribution in [0.25, 0.3) is 11.5 Å². The topological polar surface area (TPSA) is 98.5 Å². The van der Waals surface area contributed by atoms with Crippen LogP contribution in [0.3, 0.4) is 0 Å². The zero-order valence-corrected chi connectivity index (χ0v) is 16.2. The van der Waals surface area contributed by atoms with E-state index in [0.717, 1.165) is 6.42 Å². The standard InChI is InChI=1S/C18H24N2O5S/c1-5-12(2)19-17(21)11-26(22,23)10-16-13(3)25-18(20-16)14-7-6-8-15(9-14)24-4/h6-9,12H,5,10-11H2,1-4H3,(H,19,21)/t12-/m0/s1. The van der Waals surface area contributed by atoms with Crippen LogP contribution in [0, 0.1) is 6.92 Å². The van der Waals surface area contributed by atoms with E-state index in [-0.39, 0.29) is 11.8 Å². The lowest BCUT2D eigenvalue weighted by Crippen LogP contribution is -2.36. The minimum Gasteiger partial charge on any atom is -0.497 e. The lowest BCUT2D eigenvalue weighted by molar-refractivity contribution is -0.119. The van der Waals surface area contributed by atoms with E-state index in [4.69, 9.17) is 9.15 Å². The number of amides is 1. The van der Waals surface area contributed by atoms with E-state index in [0.29, 0.717) is 28.7 Å². The fourth-order valence-electron chi connectivity index (χ4n) is 2.32. The van der Waals surface area contributed by atoms with Gasteiger partial charge >= 0.3 is 0 Å². The Bertz CT molecular complexity index is 873. The lowest BCUT2D eigenvalue weighted by Gasteiger charge is -2.11. The van der Waals surface area contributed by atoms with Crippen LogP contribution in [0.2, 0.25) is 0 Å². The number of carbonyl (C=O) groups excluding carboxylic acids is 1. The van der Waals surface area contributed by atoms with E-state index in [1.54, 1.807) is 38.3 Å². The van der Waals surface area contributed by atoms with Crippen LogP contribution in [0.4, 0.5) is 0 Å². The number of ether oxygens (including phenoxy) is 1. The highest BCUT2D eigenvalue weighted by molar-refractivity contribution is 7.91. The van der Waals surface area contributed by atoms with Crippen molar-refractivity contribution < 1.29 is 22.4 Å². The third kappa shape index (κ3) is 5.32. The van der Waals surface area contributed by atoms with Gasteiger partial charge in [-0.05, 0) is 38.5 Å². The van der Waals surface area contributed by atoms with Crippen molar-refractivity contribution in [2.75, 3.05) is 12.9 Å². The maximum Gasteiger partial charge on any atom is 0.235 e. The summed E-state index contributed by atoms with van der Waals surface area (Å²) in [6, 6.07) is 7.07. The number of sulfone groups is 1. The number of rotatable bonds is 8. The molecule has 0 aliphatic rings. The lowest BCUT2D eigenvalue weighted by atomic mass is 10.2. The summed E-state index contributed by atoms with van der Waals surface area (Å²) in [5, 5.41) is 2.65. The van der Waals surface area contributed by atoms with Gasteiger partial charge in [-0.15, -0.1) is 0 Å².